The fraction of sp³-hybridized carbons (Fsp3) is 0.348. The number of benzene rings is 2. The van der Waals surface area contributed by atoms with Crippen molar-refractivity contribution in [3.8, 4) is 5.75 Å². The number of halogens is 1. The maximum atomic E-state index is 12.7. The molecule has 8 nitrogen and oxygen atoms in total. The average molecular weight is 488 g/mol. The Hall–Kier alpha value is -2.75. The monoisotopic (exact) mass is 487 g/mol. The Labute approximate surface area is 202 Å². The number of carbonyl (C=O) groups excluding carboxylic acids is 1. The number of ether oxygens (including phenoxy) is 2. The Balaban J connectivity index is 1.31. The van der Waals surface area contributed by atoms with Crippen molar-refractivity contribution in [3.63, 3.8) is 0 Å². The quantitative estimate of drug-likeness (QED) is 0.481. The van der Waals surface area contributed by atoms with E-state index in [2.05, 4.69) is 20.4 Å². The molecule has 0 spiro atoms. The molecule has 2 heterocycles. The van der Waals surface area contributed by atoms with E-state index in [0.29, 0.717) is 21.8 Å². The summed E-state index contributed by atoms with van der Waals surface area (Å²) >= 11 is 7.47. The standard InChI is InChI=1S/C23H26ClN5O3S/c1-16(22(30)25-17-7-9-18(10-8-17)29-11-13-31-14-12-29)33-23-27-26-21(28(23)2)15-32-20-6-4-3-5-19(20)24/h3-10,16H,11-15H2,1-2H3,(H,25,30). The fourth-order valence-electron chi connectivity index (χ4n) is 3.31. The second-order valence-electron chi connectivity index (χ2n) is 7.57. The fourth-order valence-corrected chi connectivity index (χ4v) is 4.33. The molecule has 1 N–H and O–H groups in total. The Morgan fingerprint density at radius 2 is 1.91 bits per heavy atom. The molecule has 1 saturated heterocycles. The van der Waals surface area contributed by atoms with Crippen LogP contribution in [0.25, 0.3) is 0 Å². The van der Waals surface area contributed by atoms with Crippen LogP contribution in [0.15, 0.2) is 53.7 Å². The van der Waals surface area contributed by atoms with Gasteiger partial charge in [0.1, 0.15) is 12.4 Å². The number of hydrogen-bond donors (Lipinski definition) is 1. The van der Waals surface area contributed by atoms with E-state index in [0.717, 1.165) is 37.7 Å². The third kappa shape index (κ3) is 5.98. The van der Waals surface area contributed by atoms with E-state index in [1.807, 2.05) is 54.9 Å². The summed E-state index contributed by atoms with van der Waals surface area (Å²) in [5, 5.41) is 12.2. The van der Waals surface area contributed by atoms with Crippen LogP contribution in [-0.4, -0.2) is 52.2 Å². The van der Waals surface area contributed by atoms with Gasteiger partial charge in [-0.25, -0.2) is 0 Å². The van der Waals surface area contributed by atoms with Crippen LogP contribution in [0.5, 0.6) is 5.75 Å². The molecular weight excluding hydrogens is 462 g/mol. The Kier molecular flexibility index (Phi) is 7.74. The van der Waals surface area contributed by atoms with Crippen LogP contribution < -0.4 is 15.0 Å². The van der Waals surface area contributed by atoms with Gasteiger partial charge in [-0.3, -0.25) is 4.79 Å². The molecule has 1 aliphatic rings. The van der Waals surface area contributed by atoms with E-state index in [1.54, 1.807) is 12.1 Å². The SMILES string of the molecule is CC(Sc1nnc(COc2ccccc2Cl)n1C)C(=O)Nc1ccc(N2CCOCC2)cc1. The molecule has 0 bridgehead atoms. The van der Waals surface area contributed by atoms with Crippen LogP contribution in [0.1, 0.15) is 12.7 Å². The number of rotatable bonds is 8. The summed E-state index contributed by atoms with van der Waals surface area (Å²) < 4.78 is 13.0. The van der Waals surface area contributed by atoms with Crippen LogP contribution in [-0.2, 0) is 23.2 Å². The normalized spacial score (nSPS) is 14.7. The lowest BCUT2D eigenvalue weighted by Gasteiger charge is -2.28. The molecule has 1 unspecified atom stereocenters. The zero-order valence-corrected chi connectivity index (χ0v) is 20.1. The van der Waals surface area contributed by atoms with Gasteiger partial charge in [0.2, 0.25) is 5.91 Å². The third-order valence-corrected chi connectivity index (χ3v) is 6.73. The molecule has 1 aromatic heterocycles. The molecule has 4 rings (SSSR count). The molecule has 174 valence electrons. The second-order valence-corrected chi connectivity index (χ2v) is 9.29. The van der Waals surface area contributed by atoms with Gasteiger partial charge in [0.15, 0.2) is 11.0 Å². The van der Waals surface area contributed by atoms with E-state index < -0.39 is 0 Å². The molecule has 33 heavy (non-hydrogen) atoms. The first-order valence-electron chi connectivity index (χ1n) is 10.7. The summed E-state index contributed by atoms with van der Waals surface area (Å²) in [6.45, 7) is 5.30. The van der Waals surface area contributed by atoms with Crippen molar-refractivity contribution in [2.75, 3.05) is 36.5 Å². The van der Waals surface area contributed by atoms with Crippen molar-refractivity contribution in [3.05, 3.63) is 59.4 Å². The third-order valence-electron chi connectivity index (χ3n) is 5.28. The first-order chi connectivity index (χ1) is 16.0. The Morgan fingerprint density at radius 1 is 1.18 bits per heavy atom. The first kappa shape index (κ1) is 23.4. The van der Waals surface area contributed by atoms with Crippen molar-refractivity contribution in [1.82, 2.24) is 14.8 Å². The van der Waals surface area contributed by atoms with E-state index in [4.69, 9.17) is 21.1 Å². The molecule has 0 radical (unpaired) electrons. The van der Waals surface area contributed by atoms with Crippen LogP contribution in [0.4, 0.5) is 11.4 Å². The predicted molar refractivity (Wildman–Crippen MR) is 130 cm³/mol. The first-order valence-corrected chi connectivity index (χ1v) is 11.9. The Bertz CT molecular complexity index is 1090. The van der Waals surface area contributed by atoms with Crippen molar-refractivity contribution in [1.29, 1.82) is 0 Å². The highest BCUT2D eigenvalue weighted by atomic mass is 35.5. The molecule has 10 heteroatoms. The van der Waals surface area contributed by atoms with Crippen molar-refractivity contribution in [2.24, 2.45) is 7.05 Å². The number of anilines is 2. The van der Waals surface area contributed by atoms with Gasteiger partial charge in [-0.05, 0) is 43.3 Å². The lowest BCUT2D eigenvalue weighted by molar-refractivity contribution is -0.115. The summed E-state index contributed by atoms with van der Waals surface area (Å²) in [6.07, 6.45) is 0. The van der Waals surface area contributed by atoms with E-state index >= 15 is 0 Å². The summed E-state index contributed by atoms with van der Waals surface area (Å²) in [7, 11) is 1.85. The van der Waals surface area contributed by atoms with Gasteiger partial charge in [-0.1, -0.05) is 35.5 Å². The number of morpholine rings is 1. The van der Waals surface area contributed by atoms with Crippen LogP contribution >= 0.6 is 23.4 Å². The topological polar surface area (TPSA) is 81.5 Å². The van der Waals surface area contributed by atoms with Gasteiger partial charge in [0, 0.05) is 31.5 Å². The summed E-state index contributed by atoms with van der Waals surface area (Å²) in [6, 6.07) is 15.2. The molecular formula is C23H26ClN5O3S. The molecule has 2 aromatic carbocycles. The highest BCUT2D eigenvalue weighted by molar-refractivity contribution is 8.00. The predicted octanol–water partition coefficient (Wildman–Crippen LogP) is 4.00. The van der Waals surface area contributed by atoms with Gasteiger partial charge in [0.05, 0.1) is 23.5 Å². The molecule has 1 amide bonds. The minimum absolute atomic E-state index is 0.101. The number of amides is 1. The minimum Gasteiger partial charge on any atom is -0.484 e. The van der Waals surface area contributed by atoms with Gasteiger partial charge < -0.3 is 24.3 Å². The van der Waals surface area contributed by atoms with Crippen LogP contribution in [0.3, 0.4) is 0 Å². The Morgan fingerprint density at radius 3 is 2.64 bits per heavy atom. The van der Waals surface area contributed by atoms with E-state index in [-0.39, 0.29) is 17.8 Å². The molecule has 1 fully saturated rings. The van der Waals surface area contributed by atoms with Crippen molar-refractivity contribution < 1.29 is 14.3 Å². The lowest BCUT2D eigenvalue weighted by atomic mass is 10.2. The van der Waals surface area contributed by atoms with Gasteiger partial charge >= 0.3 is 0 Å². The molecule has 1 atom stereocenters. The van der Waals surface area contributed by atoms with Gasteiger partial charge in [-0.2, -0.15) is 0 Å². The number of nitrogens with zero attached hydrogens (tertiary/aromatic N) is 4. The average Bonchev–Trinajstić information content (AvgIpc) is 3.18. The number of nitrogens with one attached hydrogen (secondary N) is 1. The molecule has 0 saturated carbocycles. The number of carbonyl (C=O) groups is 1. The largest absolute Gasteiger partial charge is 0.484 e. The van der Waals surface area contributed by atoms with E-state index in [9.17, 15) is 4.79 Å². The van der Waals surface area contributed by atoms with Gasteiger partial charge in [0.25, 0.3) is 0 Å². The van der Waals surface area contributed by atoms with Crippen LogP contribution in [0.2, 0.25) is 5.02 Å². The maximum absolute atomic E-state index is 12.7. The zero-order chi connectivity index (χ0) is 23.2. The van der Waals surface area contributed by atoms with Crippen molar-refractivity contribution in [2.45, 2.75) is 23.9 Å². The number of para-hydroxylation sites is 1. The molecule has 1 aliphatic heterocycles. The molecule has 0 aliphatic carbocycles. The highest BCUT2D eigenvalue weighted by Gasteiger charge is 2.20. The zero-order valence-electron chi connectivity index (χ0n) is 18.5. The maximum Gasteiger partial charge on any atom is 0.237 e. The number of thioether (sulfide) groups is 1. The summed E-state index contributed by atoms with van der Waals surface area (Å²) in [5.41, 5.74) is 1.89. The smallest absolute Gasteiger partial charge is 0.237 e. The van der Waals surface area contributed by atoms with Crippen molar-refractivity contribution >= 4 is 40.6 Å². The number of hydrogen-bond acceptors (Lipinski definition) is 7. The van der Waals surface area contributed by atoms with Gasteiger partial charge in [-0.15, -0.1) is 10.2 Å². The second kappa shape index (κ2) is 10.9. The summed E-state index contributed by atoms with van der Waals surface area (Å²) in [5.74, 6) is 1.13. The van der Waals surface area contributed by atoms with E-state index in [1.165, 1.54) is 11.8 Å². The highest BCUT2D eigenvalue weighted by Crippen LogP contribution is 2.26. The summed E-state index contributed by atoms with van der Waals surface area (Å²) in [4.78, 5) is 15.0. The number of aromatic nitrogens is 3. The minimum atomic E-state index is -0.357. The lowest BCUT2D eigenvalue weighted by Crippen LogP contribution is -2.36. The molecule has 3 aromatic rings. The van der Waals surface area contributed by atoms with Crippen LogP contribution in [0, 0.1) is 0 Å².